The van der Waals surface area contributed by atoms with Gasteiger partial charge in [-0.2, -0.15) is 0 Å². The van der Waals surface area contributed by atoms with E-state index in [0.29, 0.717) is 10.7 Å². The van der Waals surface area contributed by atoms with E-state index in [-0.39, 0.29) is 33.7 Å². The molecule has 300 valence electrons. The van der Waals surface area contributed by atoms with E-state index in [2.05, 4.69) is 52.2 Å². The molecule has 13 heteroatoms. The first-order valence-corrected chi connectivity index (χ1v) is 21.5. The van der Waals surface area contributed by atoms with Crippen LogP contribution in [0, 0.1) is 0 Å². The fourth-order valence-corrected chi connectivity index (χ4v) is 9.99. The van der Waals surface area contributed by atoms with Crippen molar-refractivity contribution in [2.45, 2.75) is 30.0 Å². The summed E-state index contributed by atoms with van der Waals surface area (Å²) < 4.78 is 6.49. The van der Waals surface area contributed by atoms with Crippen LogP contribution in [0.2, 0.25) is 0 Å². The predicted octanol–water partition coefficient (Wildman–Crippen LogP) is 8.27. The highest BCUT2D eigenvalue weighted by molar-refractivity contribution is 8.00. The monoisotopic (exact) mass is 849 g/mol. The maximum absolute atomic E-state index is 14.1. The molecule has 60 heavy (non-hydrogen) atoms. The van der Waals surface area contributed by atoms with Gasteiger partial charge in [0.05, 0.1) is 0 Å². The number of rotatable bonds is 14. The first-order chi connectivity index (χ1) is 29.3. The number of thiocarbonyl (C=S) groups is 1. The second-order valence-corrected chi connectivity index (χ2v) is 16.3. The molecule has 10 nitrogen and oxygen atoms in total. The van der Waals surface area contributed by atoms with E-state index in [0.717, 1.165) is 27.8 Å². The van der Waals surface area contributed by atoms with Crippen molar-refractivity contribution < 1.29 is 24.0 Å². The van der Waals surface area contributed by atoms with Crippen LogP contribution in [0.1, 0.15) is 46.5 Å². The molecule has 2 aliphatic rings. The van der Waals surface area contributed by atoms with Crippen LogP contribution in [0.25, 0.3) is 0 Å². The number of ketones is 1. The number of ether oxygens (including phenoxy) is 1. The van der Waals surface area contributed by atoms with E-state index in [1.54, 1.807) is 5.38 Å². The van der Waals surface area contributed by atoms with Crippen molar-refractivity contribution in [3.05, 3.63) is 202 Å². The summed E-state index contributed by atoms with van der Waals surface area (Å²) in [7, 11) is 1.34. The van der Waals surface area contributed by atoms with Gasteiger partial charge in [0, 0.05) is 16.7 Å². The summed E-state index contributed by atoms with van der Waals surface area (Å²) in [6, 6.07) is 48.6. The molecule has 2 atom stereocenters. The van der Waals surface area contributed by atoms with Crippen LogP contribution >= 0.6 is 35.3 Å². The van der Waals surface area contributed by atoms with Crippen LogP contribution in [0.4, 0.5) is 5.13 Å². The molecular weight excluding hydrogens is 811 g/mol. The molecule has 0 saturated carbocycles. The van der Waals surface area contributed by atoms with Crippen molar-refractivity contribution in [3.63, 3.8) is 0 Å². The molecule has 2 amide bonds. The Hall–Kier alpha value is -6.41. The number of oxime groups is 1. The summed E-state index contributed by atoms with van der Waals surface area (Å²) >= 11 is 8.57. The average Bonchev–Trinajstić information content (AvgIpc) is 3.76. The molecule has 1 saturated heterocycles. The van der Waals surface area contributed by atoms with Crippen molar-refractivity contribution in [2.75, 3.05) is 18.2 Å². The van der Waals surface area contributed by atoms with Gasteiger partial charge in [0.15, 0.2) is 16.6 Å². The topological polar surface area (TPSA) is 122 Å². The number of amides is 2. The summed E-state index contributed by atoms with van der Waals surface area (Å²) in [6.45, 7) is 1.45. The Labute approximate surface area is 361 Å². The fourth-order valence-electron chi connectivity index (χ4n) is 7.51. The number of benzene rings is 5. The molecule has 1 fully saturated rings. The third-order valence-corrected chi connectivity index (χ3v) is 12.7. The van der Waals surface area contributed by atoms with Crippen LogP contribution in [0.3, 0.4) is 0 Å². The summed E-state index contributed by atoms with van der Waals surface area (Å²) in [6.07, 6.45) is -0.593. The maximum atomic E-state index is 14.1. The first-order valence-electron chi connectivity index (χ1n) is 19.1. The van der Waals surface area contributed by atoms with Crippen LogP contribution in [0.5, 0.6) is 0 Å². The minimum atomic E-state index is -0.951. The number of nitrogens with one attached hydrogen (secondary N) is 2. The molecule has 0 aliphatic carbocycles. The zero-order valence-electron chi connectivity index (χ0n) is 32.6. The van der Waals surface area contributed by atoms with Gasteiger partial charge in [-0.3, -0.25) is 19.3 Å². The third kappa shape index (κ3) is 7.86. The molecule has 1 unspecified atom stereocenters. The molecule has 3 heterocycles. The van der Waals surface area contributed by atoms with E-state index in [9.17, 15) is 14.4 Å². The molecule has 0 bridgehead atoms. The van der Waals surface area contributed by atoms with Crippen molar-refractivity contribution in [1.82, 2.24) is 15.2 Å². The van der Waals surface area contributed by atoms with Crippen molar-refractivity contribution in [1.29, 1.82) is 0 Å². The zero-order chi connectivity index (χ0) is 41.6. The lowest BCUT2D eigenvalue weighted by atomic mass is 9.77. The molecule has 6 aromatic rings. The molecule has 0 spiro atoms. The largest absolute Gasteiger partial charge is 0.469 e. The van der Waals surface area contributed by atoms with Crippen molar-refractivity contribution in [2.24, 2.45) is 5.16 Å². The Balaban J connectivity index is 1.05. The first kappa shape index (κ1) is 40.4. The number of carbonyl (C=O) groups is 3. The number of thiazole rings is 1. The number of anilines is 1. The maximum Gasteiger partial charge on any atom is 0.276 e. The van der Waals surface area contributed by atoms with Gasteiger partial charge in [-0.25, -0.2) is 4.98 Å². The Morgan fingerprint density at radius 3 is 1.80 bits per heavy atom. The Kier molecular flexibility index (Phi) is 12.0. The van der Waals surface area contributed by atoms with Crippen LogP contribution < -0.4 is 10.6 Å². The lowest BCUT2D eigenvalue weighted by molar-refractivity contribution is -0.144. The summed E-state index contributed by atoms with van der Waals surface area (Å²) in [4.78, 5) is 52.6. The Morgan fingerprint density at radius 1 is 0.817 bits per heavy atom. The second-order valence-electron chi connectivity index (χ2n) is 14.0. The molecule has 1 aromatic heterocycles. The van der Waals surface area contributed by atoms with Gasteiger partial charge in [-0.15, -0.1) is 23.1 Å². The quantitative estimate of drug-likeness (QED) is 0.0367. The average molecular weight is 850 g/mol. The molecular formula is C47H39N5O5S3. The normalized spacial score (nSPS) is 16.4. The highest BCUT2D eigenvalue weighted by atomic mass is 32.2. The predicted molar refractivity (Wildman–Crippen MR) is 240 cm³/mol. The highest BCUT2D eigenvalue weighted by Crippen LogP contribution is 2.43. The second kappa shape index (κ2) is 17.8. The van der Waals surface area contributed by atoms with E-state index in [1.807, 2.05) is 115 Å². The zero-order valence-corrected chi connectivity index (χ0v) is 35.0. The van der Waals surface area contributed by atoms with Gasteiger partial charge in [-0.1, -0.05) is 157 Å². The standard InChI is InChI=1S/C47H39N5O5S3/c1-30(53)36-28-59-44-39(43(55)52(44)40(36)45(58)57-41(31-18-8-3-9-19-31)32-20-10-4-11-21-32)49-42(54)38(51-56-2)37-29-60-46(48-37)50-47(33-22-12-5-13-23-33,34-24-14-6-15-25-34)35-26-16-7-17-27-35/h3-27,29,39,41,44H,28H2,1-2H3,(H,48,50)(H,49,54)/b51-38-/t39?,44-/m1/s1. The number of thioether (sulfide) groups is 1. The number of hydrogen-bond acceptors (Lipinski definition) is 11. The molecule has 5 aromatic carbocycles. The van der Waals surface area contributed by atoms with Crippen molar-refractivity contribution >= 4 is 68.8 Å². The SMILES string of the molecule is CO/N=C(\C(=O)NC1C(=O)N2C(C(=S)OC(c3ccccc3)c3ccccc3)=C(C(C)=O)CS[C@H]12)c1csc(NC(c2ccccc2)(c2ccccc2)c2ccccc2)n1. The summed E-state index contributed by atoms with van der Waals surface area (Å²) in [5.41, 5.74) is 4.60. The number of hydrogen-bond donors (Lipinski definition) is 2. The number of nitrogens with zero attached hydrogens (tertiary/aromatic N) is 3. The highest BCUT2D eigenvalue weighted by Gasteiger charge is 2.54. The van der Waals surface area contributed by atoms with Gasteiger partial charge in [-0.05, 0) is 47.0 Å². The smallest absolute Gasteiger partial charge is 0.276 e. The molecule has 8 rings (SSSR count). The van der Waals surface area contributed by atoms with Gasteiger partial charge in [0.25, 0.3) is 11.8 Å². The van der Waals surface area contributed by atoms with Gasteiger partial charge in [0.1, 0.15) is 41.6 Å². The minimum Gasteiger partial charge on any atom is -0.469 e. The van der Waals surface area contributed by atoms with Gasteiger partial charge in [0.2, 0.25) is 5.05 Å². The lowest BCUT2D eigenvalue weighted by Gasteiger charge is -2.50. The number of aromatic nitrogens is 1. The third-order valence-electron chi connectivity index (χ3n) is 10.4. The Morgan fingerprint density at radius 2 is 1.32 bits per heavy atom. The van der Waals surface area contributed by atoms with E-state index < -0.39 is 34.9 Å². The van der Waals surface area contributed by atoms with Crippen LogP contribution in [0.15, 0.2) is 173 Å². The van der Waals surface area contributed by atoms with E-state index in [4.69, 9.17) is 26.8 Å². The summed E-state index contributed by atoms with van der Waals surface area (Å²) in [5.74, 6) is -1.05. The van der Waals surface area contributed by atoms with Crippen molar-refractivity contribution in [3.8, 4) is 0 Å². The molecule has 2 aliphatic heterocycles. The van der Waals surface area contributed by atoms with Crippen LogP contribution in [-0.4, -0.2) is 62.5 Å². The lowest BCUT2D eigenvalue weighted by Crippen LogP contribution is -2.71. The summed E-state index contributed by atoms with van der Waals surface area (Å²) in [5, 5.41) is 12.4. The number of Topliss-reactive ketones (excluding diaryl/α,β-unsaturated/α-hetero) is 1. The number of carbonyl (C=O) groups excluding carboxylic acids is 3. The number of β-lactam (4-membered cyclic amide) rings is 1. The van der Waals surface area contributed by atoms with Gasteiger partial charge >= 0.3 is 0 Å². The van der Waals surface area contributed by atoms with Gasteiger partial charge < -0.3 is 20.2 Å². The van der Waals surface area contributed by atoms with Crippen LogP contribution in [-0.2, 0) is 29.5 Å². The number of fused-ring (bicyclic) bond motifs is 1. The Bertz CT molecular complexity index is 2430. The minimum absolute atomic E-state index is 0.0167. The fraction of sp³-hybridized carbons (Fsp3) is 0.149. The molecule has 0 radical (unpaired) electrons. The van der Waals surface area contributed by atoms with E-state index in [1.165, 1.54) is 42.0 Å². The van der Waals surface area contributed by atoms with E-state index >= 15 is 0 Å². The molecule has 2 N–H and O–H groups in total.